The van der Waals surface area contributed by atoms with Gasteiger partial charge in [-0.2, -0.15) is 15.0 Å². The molecule has 0 aliphatic carbocycles. The van der Waals surface area contributed by atoms with Gasteiger partial charge >= 0.3 is 0 Å². The van der Waals surface area contributed by atoms with Crippen LogP contribution in [0.15, 0.2) is 36.9 Å². The van der Waals surface area contributed by atoms with E-state index < -0.39 is 0 Å². The van der Waals surface area contributed by atoms with E-state index in [1.165, 1.54) is 32.1 Å². The van der Waals surface area contributed by atoms with Gasteiger partial charge in [0.2, 0.25) is 17.8 Å². The number of ether oxygens (including phenoxy) is 2. The molecule has 6 N–H and O–H groups in total. The lowest BCUT2D eigenvalue weighted by molar-refractivity contribution is 0.0511. The molecule has 1 amide bonds. The predicted octanol–water partition coefficient (Wildman–Crippen LogP) is 3.71. The number of unbranched alkanes of at least 4 members (excludes halogenated alkanes) is 5. The molecule has 0 aliphatic rings. The van der Waals surface area contributed by atoms with Crippen LogP contribution in [0.1, 0.15) is 55.8 Å². The highest BCUT2D eigenvalue weighted by Gasteiger charge is 2.09. The lowest BCUT2D eigenvalue weighted by Crippen LogP contribution is -2.27. The van der Waals surface area contributed by atoms with E-state index in [0.29, 0.717) is 69.5 Å². The third kappa shape index (κ3) is 13.3. The Hall–Kier alpha value is -3.28. The van der Waals surface area contributed by atoms with Crippen LogP contribution in [-0.2, 0) is 9.47 Å². The van der Waals surface area contributed by atoms with E-state index in [4.69, 9.17) is 15.2 Å². The van der Waals surface area contributed by atoms with Crippen LogP contribution >= 0.6 is 0 Å². The Morgan fingerprint density at radius 3 is 2.24 bits per heavy atom. The zero-order valence-corrected chi connectivity index (χ0v) is 22.6. The number of carbonyl (C=O) groups excluding carboxylic acids is 1. The van der Waals surface area contributed by atoms with Gasteiger partial charge in [-0.05, 0) is 30.7 Å². The van der Waals surface area contributed by atoms with Crippen molar-refractivity contribution in [3.63, 3.8) is 0 Å². The summed E-state index contributed by atoms with van der Waals surface area (Å²) < 4.78 is 10.7. The molecule has 1 heterocycles. The Bertz CT molecular complexity index is 927. The smallest absolute Gasteiger partial charge is 0.251 e. The summed E-state index contributed by atoms with van der Waals surface area (Å²) in [5, 5.41) is 12.4. The molecule has 210 valence electrons. The first-order chi connectivity index (χ1) is 18.7. The van der Waals surface area contributed by atoms with Crippen LogP contribution in [0.2, 0.25) is 0 Å². The minimum Gasteiger partial charge on any atom is -0.378 e. The SMILES string of the molecule is C=CCNc1nc(NCCCCCCCC)nc(Nc2ccc(C(=O)NCCOCCOCCN)cc2)n1. The highest BCUT2D eigenvalue weighted by Crippen LogP contribution is 2.17. The molecule has 0 radical (unpaired) electrons. The Morgan fingerprint density at radius 2 is 1.53 bits per heavy atom. The third-order valence-electron chi connectivity index (χ3n) is 5.42. The molecule has 38 heavy (non-hydrogen) atoms. The maximum absolute atomic E-state index is 12.4. The zero-order valence-electron chi connectivity index (χ0n) is 22.6. The number of carbonyl (C=O) groups is 1. The number of rotatable bonds is 22. The summed E-state index contributed by atoms with van der Waals surface area (Å²) in [4.78, 5) is 25.8. The Labute approximate surface area is 226 Å². The van der Waals surface area contributed by atoms with Gasteiger partial charge in [-0.15, -0.1) is 6.58 Å². The molecule has 0 bridgehead atoms. The number of aromatic nitrogens is 3. The van der Waals surface area contributed by atoms with Crippen molar-refractivity contribution >= 4 is 29.4 Å². The van der Waals surface area contributed by atoms with E-state index in [1.54, 1.807) is 18.2 Å². The number of amides is 1. The first-order valence-electron chi connectivity index (χ1n) is 13.5. The highest BCUT2D eigenvalue weighted by atomic mass is 16.5. The van der Waals surface area contributed by atoms with Crippen molar-refractivity contribution in [3.8, 4) is 0 Å². The van der Waals surface area contributed by atoms with E-state index in [1.807, 2.05) is 12.1 Å². The number of hydrogen-bond donors (Lipinski definition) is 5. The van der Waals surface area contributed by atoms with Gasteiger partial charge in [-0.25, -0.2) is 0 Å². The fourth-order valence-corrected chi connectivity index (χ4v) is 3.44. The van der Waals surface area contributed by atoms with E-state index in [0.717, 1.165) is 18.7 Å². The van der Waals surface area contributed by atoms with Crippen molar-refractivity contribution in [1.29, 1.82) is 0 Å². The summed E-state index contributed by atoms with van der Waals surface area (Å²) in [6, 6.07) is 7.11. The number of nitrogens with zero attached hydrogens (tertiary/aromatic N) is 3. The predicted molar refractivity (Wildman–Crippen MR) is 153 cm³/mol. The largest absolute Gasteiger partial charge is 0.378 e. The molecule has 0 unspecified atom stereocenters. The molecule has 0 saturated heterocycles. The molecular weight excluding hydrogens is 484 g/mol. The van der Waals surface area contributed by atoms with E-state index in [-0.39, 0.29) is 5.91 Å². The first-order valence-corrected chi connectivity index (χ1v) is 13.5. The number of nitrogens with two attached hydrogens (primary N) is 1. The van der Waals surface area contributed by atoms with E-state index in [2.05, 4.69) is 49.7 Å². The highest BCUT2D eigenvalue weighted by molar-refractivity contribution is 5.94. The number of hydrogen-bond acceptors (Lipinski definition) is 10. The normalized spacial score (nSPS) is 10.7. The molecule has 2 aromatic rings. The average molecular weight is 529 g/mol. The second kappa shape index (κ2) is 19.8. The van der Waals surface area contributed by atoms with E-state index >= 15 is 0 Å². The van der Waals surface area contributed by atoms with Gasteiger partial charge in [0.05, 0.1) is 26.4 Å². The fraction of sp³-hybridized carbons (Fsp3) is 0.556. The van der Waals surface area contributed by atoms with Crippen LogP contribution in [-0.4, -0.2) is 73.5 Å². The van der Waals surface area contributed by atoms with Crippen molar-refractivity contribution in [2.24, 2.45) is 5.73 Å². The Kier molecular flexibility index (Phi) is 16.1. The average Bonchev–Trinajstić information content (AvgIpc) is 2.93. The first kappa shape index (κ1) is 30.9. The molecule has 11 nitrogen and oxygen atoms in total. The second-order valence-corrected chi connectivity index (χ2v) is 8.64. The fourth-order valence-electron chi connectivity index (χ4n) is 3.44. The Balaban J connectivity index is 1.84. The summed E-state index contributed by atoms with van der Waals surface area (Å²) in [7, 11) is 0. The van der Waals surface area contributed by atoms with Crippen LogP contribution in [0.4, 0.5) is 23.5 Å². The molecule has 0 saturated carbocycles. The van der Waals surface area contributed by atoms with Crippen LogP contribution in [0.3, 0.4) is 0 Å². The molecule has 0 atom stereocenters. The third-order valence-corrected chi connectivity index (χ3v) is 5.42. The van der Waals surface area contributed by atoms with Gasteiger partial charge in [-0.3, -0.25) is 4.79 Å². The number of benzene rings is 1. The maximum atomic E-state index is 12.4. The maximum Gasteiger partial charge on any atom is 0.251 e. The van der Waals surface area contributed by atoms with Gasteiger partial charge in [0.25, 0.3) is 5.91 Å². The standard InChI is InChI=1S/C27H44N8O3/c1-3-5-6-7-8-9-16-31-26-33-25(30-15-4-2)34-27(35-26)32-23-12-10-22(11-13-23)24(36)29-17-19-38-21-20-37-18-14-28/h4,10-13H,2-3,5-9,14-21,28H2,1H3,(H,29,36)(H3,30,31,32,33,34,35). The minimum atomic E-state index is -0.170. The second-order valence-electron chi connectivity index (χ2n) is 8.64. The topological polar surface area (TPSA) is 148 Å². The van der Waals surface area contributed by atoms with Gasteiger partial charge in [0.1, 0.15) is 0 Å². The lowest BCUT2D eigenvalue weighted by atomic mass is 10.1. The molecule has 0 aliphatic heterocycles. The van der Waals surface area contributed by atoms with Gasteiger partial charge in [0.15, 0.2) is 0 Å². The molecule has 0 spiro atoms. The molecular formula is C27H44N8O3. The molecule has 11 heteroatoms. The molecule has 2 rings (SSSR count). The van der Waals surface area contributed by atoms with Crippen LogP contribution in [0.5, 0.6) is 0 Å². The van der Waals surface area contributed by atoms with Crippen LogP contribution in [0.25, 0.3) is 0 Å². The van der Waals surface area contributed by atoms with Crippen LogP contribution in [0, 0.1) is 0 Å². The lowest BCUT2D eigenvalue weighted by Gasteiger charge is -2.11. The van der Waals surface area contributed by atoms with Gasteiger partial charge in [0, 0.05) is 37.4 Å². The quantitative estimate of drug-likeness (QED) is 0.113. The summed E-state index contributed by atoms with van der Waals surface area (Å²) in [6.45, 7) is 10.1. The summed E-state index contributed by atoms with van der Waals surface area (Å²) >= 11 is 0. The monoisotopic (exact) mass is 528 g/mol. The van der Waals surface area contributed by atoms with Crippen molar-refractivity contribution < 1.29 is 14.3 Å². The van der Waals surface area contributed by atoms with Crippen molar-refractivity contribution in [1.82, 2.24) is 20.3 Å². The van der Waals surface area contributed by atoms with Crippen LogP contribution < -0.4 is 27.0 Å². The minimum absolute atomic E-state index is 0.170. The Morgan fingerprint density at radius 1 is 0.868 bits per heavy atom. The zero-order chi connectivity index (χ0) is 27.3. The molecule has 0 fully saturated rings. The molecule has 1 aromatic heterocycles. The van der Waals surface area contributed by atoms with Crippen molar-refractivity contribution in [2.45, 2.75) is 45.4 Å². The summed E-state index contributed by atoms with van der Waals surface area (Å²) in [5.41, 5.74) is 6.66. The van der Waals surface area contributed by atoms with Gasteiger partial charge in [-0.1, -0.05) is 45.1 Å². The van der Waals surface area contributed by atoms with Crippen molar-refractivity contribution in [3.05, 3.63) is 42.5 Å². The number of anilines is 4. The van der Waals surface area contributed by atoms with E-state index in [9.17, 15) is 4.79 Å². The van der Waals surface area contributed by atoms with Crippen molar-refractivity contribution in [2.75, 3.05) is 68.6 Å². The summed E-state index contributed by atoms with van der Waals surface area (Å²) in [5.74, 6) is 1.20. The molecule has 1 aromatic carbocycles. The number of nitrogens with one attached hydrogen (secondary N) is 4. The summed E-state index contributed by atoms with van der Waals surface area (Å²) in [6.07, 6.45) is 9.06. The van der Waals surface area contributed by atoms with Gasteiger partial charge < -0.3 is 36.5 Å².